The third kappa shape index (κ3) is 2.78. The number of hydrogen-bond acceptors (Lipinski definition) is 5. The SMILES string of the molecule is NC(=O)c1nc(N2CCC(C(=O)O)CC2)ncc1F. The second-order valence-electron chi connectivity index (χ2n) is 4.33. The van der Waals surface area contributed by atoms with Crippen molar-refractivity contribution in [2.24, 2.45) is 11.7 Å². The van der Waals surface area contributed by atoms with Gasteiger partial charge in [-0.1, -0.05) is 0 Å². The highest BCUT2D eigenvalue weighted by molar-refractivity contribution is 5.91. The van der Waals surface area contributed by atoms with E-state index in [2.05, 4.69) is 9.97 Å². The summed E-state index contributed by atoms with van der Waals surface area (Å²) in [5.74, 6) is -2.83. The van der Waals surface area contributed by atoms with Crippen LogP contribution in [0.25, 0.3) is 0 Å². The number of amides is 1. The first-order chi connectivity index (χ1) is 8.99. The molecule has 1 fully saturated rings. The van der Waals surface area contributed by atoms with Gasteiger partial charge in [0.25, 0.3) is 5.91 Å². The normalized spacial score (nSPS) is 16.4. The number of carbonyl (C=O) groups is 2. The van der Waals surface area contributed by atoms with Crippen LogP contribution in [0.4, 0.5) is 10.3 Å². The molecule has 0 unspecified atom stereocenters. The second-order valence-corrected chi connectivity index (χ2v) is 4.33. The zero-order valence-electron chi connectivity index (χ0n) is 10.0. The van der Waals surface area contributed by atoms with E-state index in [1.165, 1.54) is 0 Å². The minimum Gasteiger partial charge on any atom is -0.481 e. The molecule has 7 nitrogen and oxygen atoms in total. The molecule has 0 aromatic carbocycles. The minimum absolute atomic E-state index is 0.194. The highest BCUT2D eigenvalue weighted by Gasteiger charge is 2.26. The van der Waals surface area contributed by atoms with Crippen LogP contribution in [0, 0.1) is 11.7 Å². The van der Waals surface area contributed by atoms with E-state index in [1.807, 2.05) is 0 Å². The van der Waals surface area contributed by atoms with Crippen LogP contribution < -0.4 is 10.6 Å². The van der Waals surface area contributed by atoms with E-state index in [1.54, 1.807) is 4.90 Å². The van der Waals surface area contributed by atoms with Gasteiger partial charge in [-0.3, -0.25) is 9.59 Å². The van der Waals surface area contributed by atoms with Crippen molar-refractivity contribution >= 4 is 17.8 Å². The standard InChI is InChI=1S/C11H13FN4O3/c12-7-5-14-11(15-8(7)9(13)17)16-3-1-6(2-4-16)10(18)19/h5-6H,1-4H2,(H2,13,17)(H,18,19). The summed E-state index contributed by atoms with van der Waals surface area (Å²) < 4.78 is 13.2. The predicted octanol–water partition coefficient (Wildman–Crippen LogP) is 0.0156. The van der Waals surface area contributed by atoms with Crippen LogP contribution in [0.15, 0.2) is 6.20 Å². The van der Waals surface area contributed by atoms with E-state index in [0.717, 1.165) is 6.20 Å². The summed E-state index contributed by atoms with van der Waals surface area (Å²) in [5.41, 5.74) is 4.56. The molecule has 1 amide bonds. The molecule has 1 saturated heterocycles. The molecule has 1 aliphatic heterocycles. The van der Waals surface area contributed by atoms with Gasteiger partial charge in [0.15, 0.2) is 11.5 Å². The molecule has 2 rings (SSSR count). The van der Waals surface area contributed by atoms with Gasteiger partial charge in [0.05, 0.1) is 12.1 Å². The number of aromatic nitrogens is 2. The molecule has 8 heteroatoms. The van der Waals surface area contributed by atoms with Crippen LogP contribution in [-0.2, 0) is 4.79 Å². The molecule has 0 atom stereocenters. The Kier molecular flexibility index (Phi) is 3.59. The van der Waals surface area contributed by atoms with Gasteiger partial charge in [-0.05, 0) is 12.8 Å². The minimum atomic E-state index is -0.957. The maximum absolute atomic E-state index is 13.2. The number of aliphatic carboxylic acids is 1. The summed E-state index contributed by atoms with van der Waals surface area (Å²) in [7, 11) is 0. The van der Waals surface area contributed by atoms with Crippen LogP contribution in [0.2, 0.25) is 0 Å². The molecule has 0 radical (unpaired) electrons. The van der Waals surface area contributed by atoms with Crippen molar-refractivity contribution in [3.63, 3.8) is 0 Å². The molecule has 1 aromatic heterocycles. The Morgan fingerprint density at radius 2 is 2.05 bits per heavy atom. The molecule has 102 valence electrons. The highest BCUT2D eigenvalue weighted by atomic mass is 19.1. The third-order valence-electron chi connectivity index (χ3n) is 3.09. The Morgan fingerprint density at radius 1 is 1.42 bits per heavy atom. The number of primary amides is 1. The Morgan fingerprint density at radius 3 is 2.58 bits per heavy atom. The maximum atomic E-state index is 13.2. The van der Waals surface area contributed by atoms with Gasteiger partial charge in [-0.15, -0.1) is 0 Å². The first-order valence-electron chi connectivity index (χ1n) is 5.79. The molecule has 3 N–H and O–H groups in total. The first kappa shape index (κ1) is 13.2. The van der Waals surface area contributed by atoms with Crippen molar-refractivity contribution in [3.8, 4) is 0 Å². The topological polar surface area (TPSA) is 109 Å². The van der Waals surface area contributed by atoms with Gasteiger partial charge in [-0.2, -0.15) is 0 Å². The number of hydrogen-bond donors (Lipinski definition) is 2. The van der Waals surface area contributed by atoms with E-state index in [9.17, 15) is 14.0 Å². The van der Waals surface area contributed by atoms with Gasteiger partial charge in [0.1, 0.15) is 0 Å². The number of rotatable bonds is 3. The molecule has 0 aliphatic carbocycles. The number of carboxylic acid groups (broad SMARTS) is 1. The fourth-order valence-corrected chi connectivity index (χ4v) is 2.01. The van der Waals surface area contributed by atoms with Crippen LogP contribution in [-0.4, -0.2) is 40.0 Å². The molecule has 0 bridgehead atoms. The number of piperidine rings is 1. The fourth-order valence-electron chi connectivity index (χ4n) is 2.01. The summed E-state index contributed by atoms with van der Waals surface area (Å²) in [5, 5.41) is 8.89. The predicted molar refractivity (Wildman–Crippen MR) is 63.1 cm³/mol. The van der Waals surface area contributed by atoms with E-state index in [0.29, 0.717) is 25.9 Å². The monoisotopic (exact) mass is 268 g/mol. The molecular formula is C11H13FN4O3. The molecule has 1 aliphatic rings. The number of nitrogens with two attached hydrogens (primary N) is 1. The molecule has 2 heterocycles. The quantitative estimate of drug-likeness (QED) is 0.799. The maximum Gasteiger partial charge on any atom is 0.306 e. The Labute approximate surface area is 108 Å². The van der Waals surface area contributed by atoms with Gasteiger partial charge in [-0.25, -0.2) is 14.4 Å². The van der Waals surface area contributed by atoms with Crippen molar-refractivity contribution in [2.75, 3.05) is 18.0 Å². The Hall–Kier alpha value is -2.25. The molecular weight excluding hydrogens is 255 g/mol. The average Bonchev–Trinajstić information content (AvgIpc) is 2.39. The van der Waals surface area contributed by atoms with Crippen molar-refractivity contribution in [1.29, 1.82) is 0 Å². The third-order valence-corrected chi connectivity index (χ3v) is 3.09. The van der Waals surface area contributed by atoms with Gasteiger partial charge in [0, 0.05) is 13.1 Å². The van der Waals surface area contributed by atoms with Gasteiger partial charge >= 0.3 is 5.97 Å². The Balaban J connectivity index is 2.14. The van der Waals surface area contributed by atoms with Crippen molar-refractivity contribution in [2.45, 2.75) is 12.8 Å². The largest absolute Gasteiger partial charge is 0.481 e. The van der Waals surface area contributed by atoms with E-state index < -0.39 is 23.4 Å². The van der Waals surface area contributed by atoms with Crippen molar-refractivity contribution < 1.29 is 19.1 Å². The van der Waals surface area contributed by atoms with E-state index in [4.69, 9.17) is 10.8 Å². The molecule has 1 aromatic rings. The lowest BCUT2D eigenvalue weighted by atomic mass is 9.97. The lowest BCUT2D eigenvalue weighted by molar-refractivity contribution is -0.142. The van der Waals surface area contributed by atoms with Crippen LogP contribution in [0.1, 0.15) is 23.3 Å². The number of nitrogens with zero attached hydrogens (tertiary/aromatic N) is 3. The summed E-state index contributed by atoms with van der Waals surface area (Å²) >= 11 is 0. The Bertz CT molecular complexity index is 515. The van der Waals surface area contributed by atoms with Crippen molar-refractivity contribution in [3.05, 3.63) is 17.7 Å². The van der Waals surface area contributed by atoms with Gasteiger partial charge < -0.3 is 15.7 Å². The first-order valence-corrected chi connectivity index (χ1v) is 5.79. The average molecular weight is 268 g/mol. The van der Waals surface area contributed by atoms with Crippen LogP contribution in [0.3, 0.4) is 0 Å². The number of halogens is 1. The summed E-state index contributed by atoms with van der Waals surface area (Å²) in [4.78, 5) is 31.1. The summed E-state index contributed by atoms with van der Waals surface area (Å²) in [6.07, 6.45) is 1.82. The lowest BCUT2D eigenvalue weighted by Crippen LogP contribution is -2.37. The van der Waals surface area contributed by atoms with Crippen molar-refractivity contribution in [1.82, 2.24) is 9.97 Å². The number of carboxylic acids is 1. The van der Waals surface area contributed by atoms with Gasteiger partial charge in [0.2, 0.25) is 5.95 Å². The second kappa shape index (κ2) is 5.17. The highest BCUT2D eigenvalue weighted by Crippen LogP contribution is 2.21. The molecule has 19 heavy (non-hydrogen) atoms. The van der Waals surface area contributed by atoms with Crippen LogP contribution >= 0.6 is 0 Å². The summed E-state index contributed by atoms with van der Waals surface area (Å²) in [6.45, 7) is 0.890. The van der Waals surface area contributed by atoms with E-state index >= 15 is 0 Å². The number of anilines is 1. The van der Waals surface area contributed by atoms with E-state index in [-0.39, 0.29) is 11.9 Å². The zero-order valence-corrected chi connectivity index (χ0v) is 10.0. The fraction of sp³-hybridized carbons (Fsp3) is 0.455. The lowest BCUT2D eigenvalue weighted by Gasteiger charge is -2.30. The number of carbonyl (C=O) groups excluding carboxylic acids is 1. The summed E-state index contributed by atoms with van der Waals surface area (Å²) in [6, 6.07) is 0. The smallest absolute Gasteiger partial charge is 0.306 e. The molecule has 0 saturated carbocycles. The van der Waals surface area contributed by atoms with Crippen LogP contribution in [0.5, 0.6) is 0 Å². The zero-order chi connectivity index (χ0) is 14.0. The molecule has 0 spiro atoms.